The normalized spacial score (nSPS) is 23.4. The van der Waals surface area contributed by atoms with Crippen LogP contribution in [0, 0.1) is 0 Å². The number of carboxylic acid groups (broad SMARTS) is 1. The van der Waals surface area contributed by atoms with E-state index in [0.29, 0.717) is 5.25 Å². The van der Waals surface area contributed by atoms with Gasteiger partial charge in [0, 0.05) is 11.3 Å². The molecule has 1 saturated carbocycles. The van der Waals surface area contributed by atoms with Crippen LogP contribution >= 0.6 is 11.8 Å². The standard InChI is InChI=1S/C10H18N2O4S/c1-2-17-8-4-3-7(5-8)11-10(15)12-16-6-9(13)14/h7-8H,2-6H2,1H3,(H,13,14)(H2,11,12,15). The number of rotatable bonds is 6. The highest BCUT2D eigenvalue weighted by Gasteiger charge is 2.25. The number of carboxylic acids is 1. The molecule has 0 heterocycles. The molecule has 1 fully saturated rings. The van der Waals surface area contributed by atoms with Gasteiger partial charge in [0.1, 0.15) is 0 Å². The van der Waals surface area contributed by atoms with Gasteiger partial charge in [0.25, 0.3) is 0 Å². The molecule has 2 amide bonds. The molecule has 0 spiro atoms. The van der Waals surface area contributed by atoms with E-state index in [-0.39, 0.29) is 6.04 Å². The summed E-state index contributed by atoms with van der Waals surface area (Å²) in [6, 6.07) is -0.314. The Labute approximate surface area is 104 Å². The topological polar surface area (TPSA) is 87.7 Å². The summed E-state index contributed by atoms with van der Waals surface area (Å²) < 4.78 is 0. The van der Waals surface area contributed by atoms with Crippen molar-refractivity contribution in [3.63, 3.8) is 0 Å². The van der Waals surface area contributed by atoms with Crippen LogP contribution in [0.3, 0.4) is 0 Å². The maximum Gasteiger partial charge on any atom is 0.338 e. The van der Waals surface area contributed by atoms with Gasteiger partial charge >= 0.3 is 12.0 Å². The van der Waals surface area contributed by atoms with Gasteiger partial charge in [-0.2, -0.15) is 11.8 Å². The van der Waals surface area contributed by atoms with Crippen LogP contribution in [0.1, 0.15) is 26.2 Å². The lowest BCUT2D eigenvalue weighted by Crippen LogP contribution is -2.41. The summed E-state index contributed by atoms with van der Waals surface area (Å²) in [5, 5.41) is 11.7. The predicted molar refractivity (Wildman–Crippen MR) is 64.8 cm³/mol. The van der Waals surface area contributed by atoms with Crippen LogP contribution in [0.2, 0.25) is 0 Å². The van der Waals surface area contributed by atoms with Crippen molar-refractivity contribution in [3.05, 3.63) is 0 Å². The van der Waals surface area contributed by atoms with Gasteiger partial charge in [-0.05, 0) is 25.0 Å². The highest BCUT2D eigenvalue weighted by atomic mass is 32.2. The molecule has 1 aliphatic rings. The third kappa shape index (κ3) is 5.78. The largest absolute Gasteiger partial charge is 0.479 e. The molecule has 0 aromatic heterocycles. The highest BCUT2D eigenvalue weighted by molar-refractivity contribution is 7.99. The molecule has 0 radical (unpaired) electrons. The van der Waals surface area contributed by atoms with Gasteiger partial charge in [0.05, 0.1) is 0 Å². The van der Waals surface area contributed by atoms with E-state index in [0.717, 1.165) is 25.0 Å². The number of hydroxylamine groups is 1. The van der Waals surface area contributed by atoms with Gasteiger partial charge in [0.2, 0.25) is 0 Å². The Balaban J connectivity index is 2.13. The van der Waals surface area contributed by atoms with Crippen LogP contribution in [0.5, 0.6) is 0 Å². The van der Waals surface area contributed by atoms with Crippen molar-refractivity contribution in [2.75, 3.05) is 12.4 Å². The molecule has 0 bridgehead atoms. The molecule has 1 aliphatic carbocycles. The summed E-state index contributed by atoms with van der Waals surface area (Å²) in [5.41, 5.74) is 2.05. The first-order valence-electron chi connectivity index (χ1n) is 5.63. The average molecular weight is 262 g/mol. The number of hydrogen-bond acceptors (Lipinski definition) is 4. The lowest BCUT2D eigenvalue weighted by atomic mass is 10.3. The van der Waals surface area contributed by atoms with E-state index in [4.69, 9.17) is 5.11 Å². The van der Waals surface area contributed by atoms with Gasteiger partial charge in [0.15, 0.2) is 6.61 Å². The minimum atomic E-state index is -1.12. The number of aliphatic carboxylic acids is 1. The zero-order valence-electron chi connectivity index (χ0n) is 9.77. The van der Waals surface area contributed by atoms with Crippen molar-refractivity contribution in [1.82, 2.24) is 10.8 Å². The van der Waals surface area contributed by atoms with Gasteiger partial charge < -0.3 is 10.4 Å². The van der Waals surface area contributed by atoms with Crippen LogP contribution < -0.4 is 10.8 Å². The van der Waals surface area contributed by atoms with E-state index in [1.165, 1.54) is 0 Å². The molecule has 0 aromatic rings. The van der Waals surface area contributed by atoms with Crippen molar-refractivity contribution in [3.8, 4) is 0 Å². The molecule has 3 N–H and O–H groups in total. The summed E-state index contributed by atoms with van der Waals surface area (Å²) in [6.07, 6.45) is 3.04. The third-order valence-corrected chi connectivity index (χ3v) is 3.72. The fourth-order valence-electron chi connectivity index (χ4n) is 1.84. The quantitative estimate of drug-likeness (QED) is 0.621. The summed E-state index contributed by atoms with van der Waals surface area (Å²) in [5.74, 6) is -0.0312. The van der Waals surface area contributed by atoms with Gasteiger partial charge in [-0.3, -0.25) is 4.84 Å². The summed E-state index contributed by atoms with van der Waals surface area (Å²) in [6.45, 7) is 1.59. The number of amides is 2. The van der Waals surface area contributed by atoms with Crippen LogP contribution in [0.15, 0.2) is 0 Å². The fraction of sp³-hybridized carbons (Fsp3) is 0.800. The maximum atomic E-state index is 11.3. The van der Waals surface area contributed by atoms with Crippen molar-refractivity contribution in [1.29, 1.82) is 0 Å². The molecule has 6 nitrogen and oxygen atoms in total. The zero-order chi connectivity index (χ0) is 12.7. The maximum absolute atomic E-state index is 11.3. The van der Waals surface area contributed by atoms with E-state index in [2.05, 4.69) is 22.6 Å². The van der Waals surface area contributed by atoms with E-state index >= 15 is 0 Å². The number of urea groups is 1. The molecule has 17 heavy (non-hydrogen) atoms. The van der Waals surface area contributed by atoms with E-state index < -0.39 is 18.6 Å². The van der Waals surface area contributed by atoms with E-state index in [1.807, 2.05) is 11.8 Å². The summed E-state index contributed by atoms with van der Waals surface area (Å²) in [7, 11) is 0. The zero-order valence-corrected chi connectivity index (χ0v) is 10.6. The van der Waals surface area contributed by atoms with Crippen molar-refractivity contribution in [2.24, 2.45) is 0 Å². The molecule has 1 rings (SSSR count). The van der Waals surface area contributed by atoms with Gasteiger partial charge in [-0.15, -0.1) is 0 Å². The van der Waals surface area contributed by atoms with Crippen LogP contribution in [-0.2, 0) is 9.63 Å². The van der Waals surface area contributed by atoms with Gasteiger partial charge in [-0.1, -0.05) is 6.92 Å². The Kier molecular flexibility index (Phi) is 6.13. The molecular weight excluding hydrogens is 244 g/mol. The minimum absolute atomic E-state index is 0.160. The predicted octanol–water partition coefficient (Wildman–Crippen LogP) is 0.976. The second-order valence-electron chi connectivity index (χ2n) is 3.85. The number of carbonyl (C=O) groups is 2. The number of thioether (sulfide) groups is 1. The SMILES string of the molecule is CCSC1CCC(NC(=O)NOCC(=O)O)C1. The smallest absolute Gasteiger partial charge is 0.338 e. The molecular formula is C10H18N2O4S. The number of carbonyl (C=O) groups excluding carboxylic acids is 1. The number of nitrogens with one attached hydrogen (secondary N) is 2. The first-order chi connectivity index (χ1) is 8.11. The Morgan fingerprint density at radius 2 is 2.24 bits per heavy atom. The summed E-state index contributed by atoms with van der Waals surface area (Å²) >= 11 is 1.91. The van der Waals surface area contributed by atoms with Crippen molar-refractivity contribution < 1.29 is 19.5 Å². The van der Waals surface area contributed by atoms with E-state index in [1.54, 1.807) is 0 Å². The molecule has 0 aliphatic heterocycles. The van der Waals surface area contributed by atoms with E-state index in [9.17, 15) is 9.59 Å². The van der Waals surface area contributed by atoms with Crippen molar-refractivity contribution >= 4 is 23.8 Å². The first kappa shape index (κ1) is 14.1. The van der Waals surface area contributed by atoms with Gasteiger partial charge in [-0.25, -0.2) is 15.1 Å². The minimum Gasteiger partial charge on any atom is -0.479 e. The molecule has 0 aromatic carbocycles. The molecule has 98 valence electrons. The lowest BCUT2D eigenvalue weighted by molar-refractivity contribution is -0.144. The average Bonchev–Trinajstić information content (AvgIpc) is 2.65. The molecule has 2 atom stereocenters. The van der Waals surface area contributed by atoms with Crippen LogP contribution in [-0.4, -0.2) is 40.8 Å². The lowest BCUT2D eigenvalue weighted by Gasteiger charge is -2.13. The molecule has 2 unspecified atom stereocenters. The van der Waals surface area contributed by atoms with Crippen molar-refractivity contribution in [2.45, 2.75) is 37.5 Å². The first-order valence-corrected chi connectivity index (χ1v) is 6.68. The highest BCUT2D eigenvalue weighted by Crippen LogP contribution is 2.29. The third-order valence-electron chi connectivity index (χ3n) is 2.48. The summed E-state index contributed by atoms with van der Waals surface area (Å²) in [4.78, 5) is 25.9. The molecule has 7 heteroatoms. The van der Waals surface area contributed by atoms with Crippen LogP contribution in [0.4, 0.5) is 4.79 Å². The Hall–Kier alpha value is -0.950. The monoisotopic (exact) mass is 262 g/mol. The van der Waals surface area contributed by atoms with Crippen LogP contribution in [0.25, 0.3) is 0 Å². The Morgan fingerprint density at radius 1 is 1.47 bits per heavy atom. The second kappa shape index (κ2) is 7.39. The molecule has 0 saturated heterocycles. The Bertz CT molecular complexity index is 275. The fourth-order valence-corrected chi connectivity index (χ4v) is 2.98. The second-order valence-corrected chi connectivity index (χ2v) is 5.42. The Morgan fingerprint density at radius 3 is 2.88 bits per heavy atom. The number of hydrogen-bond donors (Lipinski definition) is 3.